The molecule has 2 N–H and O–H groups in total. The lowest BCUT2D eigenvalue weighted by Crippen LogP contribution is -3.15. The predicted molar refractivity (Wildman–Crippen MR) is 99.4 cm³/mol. The third-order valence-corrected chi connectivity index (χ3v) is 6.51. The van der Waals surface area contributed by atoms with Gasteiger partial charge in [-0.3, -0.25) is 4.79 Å². The number of quaternary nitrogens is 1. The van der Waals surface area contributed by atoms with E-state index >= 15 is 0 Å². The highest BCUT2D eigenvalue weighted by Gasteiger charge is 2.29. The molecule has 1 aromatic rings. The van der Waals surface area contributed by atoms with Gasteiger partial charge in [0.05, 0.1) is 25.8 Å². The van der Waals surface area contributed by atoms with Crippen molar-refractivity contribution in [3.63, 3.8) is 0 Å². The Morgan fingerprint density at radius 3 is 2.56 bits per heavy atom. The molecule has 0 spiro atoms. The first-order valence-electron chi connectivity index (χ1n) is 9.34. The molecule has 5 nitrogen and oxygen atoms in total. The molecule has 1 aromatic heterocycles. The Balaban J connectivity index is 1.72. The highest BCUT2D eigenvalue weighted by atomic mass is 32.1. The van der Waals surface area contributed by atoms with Gasteiger partial charge >= 0.3 is 5.97 Å². The number of piperidine rings is 1. The van der Waals surface area contributed by atoms with Crippen LogP contribution in [0.15, 0.2) is 0 Å². The zero-order chi connectivity index (χ0) is 18.0. The van der Waals surface area contributed by atoms with Crippen LogP contribution in [0.3, 0.4) is 0 Å². The van der Waals surface area contributed by atoms with Gasteiger partial charge in [-0.05, 0) is 37.7 Å². The van der Waals surface area contributed by atoms with E-state index in [9.17, 15) is 9.59 Å². The third kappa shape index (κ3) is 4.23. The van der Waals surface area contributed by atoms with Crippen molar-refractivity contribution in [2.45, 2.75) is 46.0 Å². The molecule has 2 aliphatic rings. The van der Waals surface area contributed by atoms with Gasteiger partial charge in [0, 0.05) is 16.7 Å². The van der Waals surface area contributed by atoms with Gasteiger partial charge in [-0.2, -0.15) is 0 Å². The number of carbonyl (C=O) groups excluding carboxylic acids is 2. The number of methoxy groups -OCH3 is 1. The van der Waals surface area contributed by atoms with E-state index in [1.54, 1.807) is 11.3 Å². The SMILES string of the molecule is COC(=O)c1c(NC(=O)C[NH+]2C[C@H](C)C[C@H](C)C2)sc2c1CCCC2. The number of carbonyl (C=O) groups is 2. The number of anilines is 1. The van der Waals surface area contributed by atoms with Gasteiger partial charge in [0.2, 0.25) is 0 Å². The number of aryl methyl sites for hydroxylation is 1. The predicted octanol–water partition coefficient (Wildman–Crippen LogP) is 1.91. The fraction of sp³-hybridized carbons (Fsp3) is 0.684. The van der Waals surface area contributed by atoms with Gasteiger partial charge in [0.15, 0.2) is 6.54 Å². The van der Waals surface area contributed by atoms with Gasteiger partial charge in [-0.25, -0.2) is 4.79 Å². The molecule has 6 heteroatoms. The first-order valence-corrected chi connectivity index (χ1v) is 10.2. The standard InChI is InChI=1S/C19H28N2O3S/c1-12-8-13(2)10-21(9-12)11-16(22)20-18-17(19(23)24-3)14-6-4-5-7-15(14)25-18/h12-13H,4-11H2,1-3H3,(H,20,22)/p+1/t12-,13+. The van der Waals surface area contributed by atoms with Gasteiger partial charge in [-0.1, -0.05) is 13.8 Å². The van der Waals surface area contributed by atoms with Crippen molar-refractivity contribution in [2.24, 2.45) is 11.8 Å². The third-order valence-electron chi connectivity index (χ3n) is 5.30. The molecule has 25 heavy (non-hydrogen) atoms. The van der Waals surface area contributed by atoms with Gasteiger partial charge < -0.3 is 15.0 Å². The minimum atomic E-state index is -0.331. The van der Waals surface area contributed by atoms with E-state index in [0.717, 1.165) is 44.3 Å². The van der Waals surface area contributed by atoms with Crippen LogP contribution in [0, 0.1) is 11.8 Å². The molecule has 1 amide bonds. The molecule has 2 heterocycles. The number of likely N-dealkylation sites (tertiary alicyclic amines) is 1. The second kappa shape index (κ2) is 7.87. The lowest BCUT2D eigenvalue weighted by Gasteiger charge is -2.31. The Morgan fingerprint density at radius 1 is 1.20 bits per heavy atom. The molecule has 3 atom stereocenters. The summed E-state index contributed by atoms with van der Waals surface area (Å²) >= 11 is 1.56. The van der Waals surface area contributed by atoms with E-state index < -0.39 is 0 Å². The molecular weight excluding hydrogens is 336 g/mol. The average Bonchev–Trinajstić information content (AvgIpc) is 2.90. The van der Waals surface area contributed by atoms with Crippen molar-refractivity contribution in [2.75, 3.05) is 32.1 Å². The van der Waals surface area contributed by atoms with Crippen LogP contribution >= 0.6 is 11.3 Å². The summed E-state index contributed by atoms with van der Waals surface area (Å²) in [7, 11) is 1.40. The van der Waals surface area contributed by atoms with E-state index in [4.69, 9.17) is 4.74 Å². The van der Waals surface area contributed by atoms with Crippen LogP contribution in [0.25, 0.3) is 0 Å². The molecule has 3 rings (SSSR count). The number of esters is 1. The summed E-state index contributed by atoms with van der Waals surface area (Å²) in [5.41, 5.74) is 1.68. The zero-order valence-electron chi connectivity index (χ0n) is 15.4. The van der Waals surface area contributed by atoms with Crippen LogP contribution in [0.1, 0.15) is 53.9 Å². The fourth-order valence-corrected chi connectivity index (χ4v) is 5.73. The summed E-state index contributed by atoms with van der Waals surface area (Å²) in [5, 5.41) is 3.70. The van der Waals surface area contributed by atoms with Crippen LogP contribution in [-0.2, 0) is 22.4 Å². The highest BCUT2D eigenvalue weighted by Crippen LogP contribution is 2.38. The number of hydrogen-bond acceptors (Lipinski definition) is 4. The summed E-state index contributed by atoms with van der Waals surface area (Å²) in [6.07, 6.45) is 5.38. The second-order valence-electron chi connectivity index (χ2n) is 7.74. The summed E-state index contributed by atoms with van der Waals surface area (Å²) in [6.45, 7) is 7.08. The van der Waals surface area contributed by atoms with Crippen molar-refractivity contribution >= 4 is 28.2 Å². The van der Waals surface area contributed by atoms with Crippen molar-refractivity contribution in [3.05, 3.63) is 16.0 Å². The molecule has 1 saturated heterocycles. The monoisotopic (exact) mass is 365 g/mol. The molecule has 1 aliphatic carbocycles. The van der Waals surface area contributed by atoms with Gasteiger partial charge in [-0.15, -0.1) is 11.3 Å². The minimum absolute atomic E-state index is 0.0000463. The largest absolute Gasteiger partial charge is 0.465 e. The number of amides is 1. The molecular formula is C19H29N2O3S+. The number of fused-ring (bicyclic) bond motifs is 1. The number of ether oxygens (including phenoxy) is 1. The molecule has 1 aliphatic heterocycles. The zero-order valence-corrected chi connectivity index (χ0v) is 16.3. The molecule has 0 radical (unpaired) electrons. The smallest absolute Gasteiger partial charge is 0.341 e. The van der Waals surface area contributed by atoms with Crippen LogP contribution in [0.2, 0.25) is 0 Å². The fourth-order valence-electron chi connectivity index (χ4n) is 4.44. The van der Waals surface area contributed by atoms with E-state index in [1.165, 1.54) is 23.3 Å². The maximum Gasteiger partial charge on any atom is 0.341 e. The molecule has 1 unspecified atom stereocenters. The van der Waals surface area contributed by atoms with Crippen LogP contribution < -0.4 is 10.2 Å². The van der Waals surface area contributed by atoms with Gasteiger partial charge in [0.1, 0.15) is 5.00 Å². The summed E-state index contributed by atoms with van der Waals surface area (Å²) in [5.74, 6) is 0.986. The van der Waals surface area contributed by atoms with Gasteiger partial charge in [0.25, 0.3) is 5.91 Å². The van der Waals surface area contributed by atoms with E-state index in [1.807, 2.05) is 0 Å². The molecule has 1 fully saturated rings. The van der Waals surface area contributed by atoms with Crippen LogP contribution in [-0.4, -0.2) is 38.6 Å². The lowest BCUT2D eigenvalue weighted by molar-refractivity contribution is -0.904. The Kier molecular flexibility index (Phi) is 5.79. The Bertz CT molecular complexity index is 645. The molecule has 0 saturated carbocycles. The number of thiophene rings is 1. The van der Waals surface area contributed by atoms with E-state index in [-0.39, 0.29) is 11.9 Å². The molecule has 138 valence electrons. The Morgan fingerprint density at radius 2 is 1.88 bits per heavy atom. The van der Waals surface area contributed by atoms with Crippen molar-refractivity contribution in [3.8, 4) is 0 Å². The summed E-state index contributed by atoms with van der Waals surface area (Å²) < 4.78 is 4.97. The maximum absolute atomic E-state index is 12.6. The Hall–Kier alpha value is -1.40. The van der Waals surface area contributed by atoms with E-state index in [0.29, 0.717) is 28.9 Å². The topological polar surface area (TPSA) is 59.8 Å². The lowest BCUT2D eigenvalue weighted by atomic mass is 9.92. The number of rotatable bonds is 4. The number of hydrogen-bond donors (Lipinski definition) is 2. The maximum atomic E-state index is 12.6. The highest BCUT2D eigenvalue weighted by molar-refractivity contribution is 7.17. The van der Waals surface area contributed by atoms with Crippen LogP contribution in [0.5, 0.6) is 0 Å². The Labute approximate surface area is 153 Å². The summed E-state index contributed by atoms with van der Waals surface area (Å²) in [6, 6.07) is 0. The summed E-state index contributed by atoms with van der Waals surface area (Å²) in [4.78, 5) is 27.4. The average molecular weight is 366 g/mol. The van der Waals surface area contributed by atoms with E-state index in [2.05, 4.69) is 19.2 Å². The molecule has 0 bridgehead atoms. The quantitative estimate of drug-likeness (QED) is 0.802. The van der Waals surface area contributed by atoms with Crippen molar-refractivity contribution in [1.29, 1.82) is 0 Å². The first-order chi connectivity index (χ1) is 12.0. The normalized spacial score (nSPS) is 26.0. The minimum Gasteiger partial charge on any atom is -0.465 e. The van der Waals surface area contributed by atoms with Crippen molar-refractivity contribution < 1.29 is 19.2 Å². The number of nitrogens with one attached hydrogen (secondary N) is 2. The molecule has 0 aromatic carbocycles. The van der Waals surface area contributed by atoms with Crippen molar-refractivity contribution in [1.82, 2.24) is 0 Å². The first kappa shape index (κ1) is 18.4. The second-order valence-corrected chi connectivity index (χ2v) is 8.84. The van der Waals surface area contributed by atoms with Crippen LogP contribution in [0.4, 0.5) is 5.00 Å².